The smallest absolute Gasteiger partial charge is 0.409 e. The molecule has 0 aliphatic carbocycles. The van der Waals surface area contributed by atoms with Crippen LogP contribution in [0.5, 0.6) is 0 Å². The number of rotatable bonds is 8. The summed E-state index contributed by atoms with van der Waals surface area (Å²) >= 11 is 0. The van der Waals surface area contributed by atoms with Gasteiger partial charge >= 0.3 is 24.1 Å². The summed E-state index contributed by atoms with van der Waals surface area (Å²) in [5.74, 6) is 3.69. The molecule has 10 heteroatoms. The van der Waals surface area contributed by atoms with E-state index in [1.54, 1.807) is 60.7 Å². The Morgan fingerprint density at radius 2 is 1.03 bits per heavy atom. The minimum Gasteiger partial charge on any atom is -0.467 e. The molecule has 10 nitrogen and oxygen atoms in total. The first-order chi connectivity index (χ1) is 16.5. The Morgan fingerprint density at radius 3 is 1.35 bits per heavy atom. The maximum atomic E-state index is 12.0. The highest BCUT2D eigenvalue weighted by Gasteiger charge is 2.24. The molecule has 0 heterocycles. The van der Waals surface area contributed by atoms with Crippen molar-refractivity contribution in [1.82, 2.24) is 10.6 Å². The number of amides is 2. The normalized spacial score (nSPS) is 11.5. The molecule has 2 aromatic rings. The Morgan fingerprint density at radius 1 is 0.676 bits per heavy atom. The van der Waals surface area contributed by atoms with Crippen molar-refractivity contribution in [2.45, 2.75) is 12.1 Å². The predicted molar refractivity (Wildman–Crippen MR) is 119 cm³/mol. The van der Waals surface area contributed by atoms with E-state index in [1.165, 1.54) is 14.2 Å². The van der Waals surface area contributed by atoms with E-state index >= 15 is 0 Å². The Kier molecular flexibility index (Phi) is 10.4. The van der Waals surface area contributed by atoms with E-state index in [2.05, 4.69) is 22.5 Å². The van der Waals surface area contributed by atoms with Crippen LogP contribution in [-0.2, 0) is 28.5 Å². The molecule has 2 atom stereocenters. The van der Waals surface area contributed by atoms with Crippen molar-refractivity contribution in [1.29, 1.82) is 0 Å². The summed E-state index contributed by atoms with van der Waals surface area (Å²) < 4.78 is 19.2. The van der Waals surface area contributed by atoms with Crippen molar-refractivity contribution in [3.63, 3.8) is 0 Å². The lowest BCUT2D eigenvalue weighted by atomic mass is 10.1. The molecule has 0 aliphatic heterocycles. The van der Waals surface area contributed by atoms with Crippen molar-refractivity contribution in [2.75, 3.05) is 27.4 Å². The predicted octanol–water partition coefficient (Wildman–Crippen LogP) is 2.27. The lowest BCUT2D eigenvalue weighted by molar-refractivity contribution is -0.144. The standard InChI is InChI=1S/C24H24N2O8/c1-31-21(27)19(17-11-5-3-6-12-17)25-23(29)33-15-9-10-16-34-24(30)26-20(22(28)32-2)18-13-7-4-8-14-18/h3-8,11-14,19-20H,15-16H2,1-2H3,(H,25,29)(H,26,30)/t19-,20-/m0/s1. The zero-order valence-electron chi connectivity index (χ0n) is 18.6. The van der Waals surface area contributed by atoms with Gasteiger partial charge in [0, 0.05) is 0 Å². The van der Waals surface area contributed by atoms with Crippen LogP contribution in [0.3, 0.4) is 0 Å². The number of benzene rings is 2. The quantitative estimate of drug-likeness (QED) is 0.343. The summed E-state index contributed by atoms with van der Waals surface area (Å²) in [6.45, 7) is -0.622. The van der Waals surface area contributed by atoms with E-state index in [-0.39, 0.29) is 13.2 Å². The summed E-state index contributed by atoms with van der Waals surface area (Å²) in [6.07, 6.45) is -1.76. The number of hydrogen-bond acceptors (Lipinski definition) is 8. The van der Waals surface area contributed by atoms with Crippen LogP contribution in [0, 0.1) is 11.8 Å². The molecular formula is C24H24N2O8. The van der Waals surface area contributed by atoms with E-state index in [9.17, 15) is 19.2 Å². The van der Waals surface area contributed by atoms with E-state index < -0.39 is 36.2 Å². The Balaban J connectivity index is 1.78. The second-order valence-electron chi connectivity index (χ2n) is 6.53. The van der Waals surface area contributed by atoms with Crippen LogP contribution in [0.4, 0.5) is 9.59 Å². The molecule has 178 valence electrons. The topological polar surface area (TPSA) is 129 Å². The Labute approximate surface area is 196 Å². The van der Waals surface area contributed by atoms with Crippen LogP contribution in [-0.4, -0.2) is 51.6 Å². The molecule has 0 bridgehead atoms. The van der Waals surface area contributed by atoms with Gasteiger partial charge in [-0.25, -0.2) is 19.2 Å². The number of methoxy groups -OCH3 is 2. The fraction of sp³-hybridized carbons (Fsp3) is 0.250. The van der Waals surface area contributed by atoms with E-state index in [0.717, 1.165) is 0 Å². The number of alkyl carbamates (subject to hydrolysis) is 2. The van der Waals surface area contributed by atoms with E-state index in [1.807, 2.05) is 0 Å². The lowest BCUT2D eigenvalue weighted by Crippen LogP contribution is -2.35. The molecule has 34 heavy (non-hydrogen) atoms. The van der Waals surface area contributed by atoms with Gasteiger partial charge in [-0.2, -0.15) is 0 Å². The number of esters is 2. The zero-order chi connectivity index (χ0) is 24.8. The molecule has 2 aromatic carbocycles. The first kappa shape index (κ1) is 25.7. The highest BCUT2D eigenvalue weighted by Crippen LogP contribution is 2.15. The van der Waals surface area contributed by atoms with Gasteiger partial charge in [0.05, 0.1) is 14.2 Å². The van der Waals surface area contributed by atoms with Crippen LogP contribution in [0.2, 0.25) is 0 Å². The van der Waals surface area contributed by atoms with Crippen molar-refractivity contribution < 1.29 is 38.1 Å². The molecule has 2 rings (SSSR count). The fourth-order valence-electron chi connectivity index (χ4n) is 2.71. The fourth-order valence-corrected chi connectivity index (χ4v) is 2.71. The second kappa shape index (κ2) is 13.8. The molecule has 0 aromatic heterocycles. The van der Waals surface area contributed by atoms with Gasteiger partial charge in [0.1, 0.15) is 0 Å². The maximum absolute atomic E-state index is 12.0. The average molecular weight is 468 g/mol. The highest BCUT2D eigenvalue weighted by atomic mass is 16.6. The van der Waals surface area contributed by atoms with Gasteiger partial charge in [-0.15, -0.1) is 0 Å². The lowest BCUT2D eigenvalue weighted by Gasteiger charge is -2.16. The highest BCUT2D eigenvalue weighted by molar-refractivity contribution is 5.83. The molecule has 0 saturated carbocycles. The van der Waals surface area contributed by atoms with Crippen LogP contribution in [0.15, 0.2) is 60.7 Å². The van der Waals surface area contributed by atoms with Gasteiger partial charge in [0.15, 0.2) is 25.3 Å². The summed E-state index contributed by atoms with van der Waals surface area (Å²) in [5.41, 5.74) is 1.05. The van der Waals surface area contributed by atoms with Gasteiger partial charge in [-0.3, -0.25) is 0 Å². The number of carbonyl (C=O) groups excluding carboxylic acids is 4. The summed E-state index contributed by atoms with van der Waals surface area (Å²) in [4.78, 5) is 47.9. The SMILES string of the molecule is COC(=O)[C@@H](NC(=O)OCC#CCOC(=O)N[C@H](C(=O)OC)c1ccccc1)c1ccccc1. The third-order valence-corrected chi connectivity index (χ3v) is 4.34. The van der Waals surface area contributed by atoms with Gasteiger partial charge in [-0.1, -0.05) is 72.5 Å². The van der Waals surface area contributed by atoms with Crippen LogP contribution in [0.25, 0.3) is 0 Å². The number of hydrogen-bond donors (Lipinski definition) is 2. The number of nitrogens with one attached hydrogen (secondary N) is 2. The van der Waals surface area contributed by atoms with Crippen molar-refractivity contribution in [2.24, 2.45) is 0 Å². The largest absolute Gasteiger partial charge is 0.467 e. The monoisotopic (exact) mass is 468 g/mol. The second-order valence-corrected chi connectivity index (χ2v) is 6.53. The van der Waals surface area contributed by atoms with E-state index in [4.69, 9.17) is 18.9 Å². The third-order valence-electron chi connectivity index (χ3n) is 4.34. The molecule has 0 spiro atoms. The molecule has 2 N–H and O–H groups in total. The van der Waals surface area contributed by atoms with Crippen LogP contribution >= 0.6 is 0 Å². The summed E-state index contributed by atoms with van der Waals surface area (Å²) in [5, 5.41) is 4.81. The first-order valence-corrected chi connectivity index (χ1v) is 10.0. The van der Waals surface area contributed by atoms with Crippen molar-refractivity contribution in [3.05, 3.63) is 71.8 Å². The number of ether oxygens (including phenoxy) is 4. The molecule has 0 fully saturated rings. The van der Waals surface area contributed by atoms with Crippen LogP contribution in [0.1, 0.15) is 23.2 Å². The molecular weight excluding hydrogens is 444 g/mol. The average Bonchev–Trinajstić information content (AvgIpc) is 2.88. The van der Waals surface area contributed by atoms with E-state index in [0.29, 0.717) is 11.1 Å². The summed E-state index contributed by atoms with van der Waals surface area (Å²) in [7, 11) is 2.42. The molecule has 0 unspecified atom stereocenters. The van der Waals surface area contributed by atoms with Gasteiger partial charge < -0.3 is 29.6 Å². The third kappa shape index (κ3) is 8.20. The maximum Gasteiger partial charge on any atom is 0.409 e. The van der Waals surface area contributed by atoms with Crippen LogP contribution < -0.4 is 10.6 Å². The zero-order valence-corrected chi connectivity index (χ0v) is 18.6. The van der Waals surface area contributed by atoms with Crippen molar-refractivity contribution in [3.8, 4) is 11.8 Å². The Hall–Kier alpha value is -4.52. The molecule has 0 radical (unpaired) electrons. The van der Waals surface area contributed by atoms with Gasteiger partial charge in [0.2, 0.25) is 0 Å². The minimum atomic E-state index is -1.04. The molecule has 2 amide bonds. The number of carbonyl (C=O) groups is 4. The molecule has 0 aliphatic rings. The van der Waals surface area contributed by atoms with Crippen molar-refractivity contribution >= 4 is 24.1 Å². The first-order valence-electron chi connectivity index (χ1n) is 10.0. The Bertz CT molecular complexity index is 950. The summed E-state index contributed by atoms with van der Waals surface area (Å²) in [6, 6.07) is 15.0. The minimum absolute atomic E-state index is 0.311. The molecule has 0 saturated heterocycles. The van der Waals surface area contributed by atoms with Gasteiger partial charge in [0.25, 0.3) is 0 Å². The van der Waals surface area contributed by atoms with Gasteiger partial charge in [-0.05, 0) is 11.1 Å².